The van der Waals surface area contributed by atoms with Gasteiger partial charge in [0.15, 0.2) is 5.78 Å². The number of ether oxygens (including phenoxy) is 1. The van der Waals surface area contributed by atoms with Crippen LogP contribution >= 0.6 is 0 Å². The van der Waals surface area contributed by atoms with Crippen molar-refractivity contribution in [1.82, 2.24) is 4.90 Å². The minimum absolute atomic E-state index is 0.0298. The van der Waals surface area contributed by atoms with Crippen LogP contribution in [0, 0.1) is 0 Å². The van der Waals surface area contributed by atoms with Gasteiger partial charge in [0.25, 0.3) is 0 Å². The molecule has 0 N–H and O–H groups in total. The van der Waals surface area contributed by atoms with Crippen molar-refractivity contribution in [2.75, 3.05) is 38.3 Å². The molecule has 2 aliphatic rings. The quantitative estimate of drug-likeness (QED) is 0.743. The third-order valence-corrected chi connectivity index (χ3v) is 5.21. The highest BCUT2D eigenvalue weighted by Gasteiger charge is 2.45. The van der Waals surface area contributed by atoms with E-state index in [2.05, 4.69) is 4.90 Å². The molecule has 6 heteroatoms. The summed E-state index contributed by atoms with van der Waals surface area (Å²) in [5, 5.41) is 0. The summed E-state index contributed by atoms with van der Waals surface area (Å²) >= 11 is 0. The molecule has 0 atom stereocenters. The molecule has 0 aromatic carbocycles. The van der Waals surface area contributed by atoms with Gasteiger partial charge in [-0.2, -0.15) is 0 Å². The Hall–Kier alpha value is -0.460. The maximum atomic E-state index is 12.6. The number of hydrogen-bond donors (Lipinski definition) is 0. The van der Waals surface area contributed by atoms with E-state index in [1.54, 1.807) is 0 Å². The first kappa shape index (κ1) is 14.9. The summed E-state index contributed by atoms with van der Waals surface area (Å²) in [6.07, 6.45) is 5.20. The van der Waals surface area contributed by atoms with Crippen LogP contribution in [-0.2, 0) is 19.4 Å². The second kappa shape index (κ2) is 5.89. The van der Waals surface area contributed by atoms with Crippen molar-refractivity contribution in [3.63, 3.8) is 0 Å². The van der Waals surface area contributed by atoms with Gasteiger partial charge in [0, 0.05) is 25.8 Å². The van der Waals surface area contributed by atoms with E-state index >= 15 is 0 Å². The molecule has 2 fully saturated rings. The van der Waals surface area contributed by atoms with Crippen LogP contribution in [0.25, 0.3) is 0 Å². The average Bonchev–Trinajstić information content (AvgIpc) is 2.87. The average molecular weight is 289 g/mol. The van der Waals surface area contributed by atoms with Crippen molar-refractivity contribution in [1.29, 1.82) is 0 Å². The maximum Gasteiger partial charge on any atom is 0.154 e. The van der Waals surface area contributed by atoms with E-state index < -0.39 is 15.4 Å². The van der Waals surface area contributed by atoms with Gasteiger partial charge in [-0.1, -0.05) is 12.8 Å². The predicted octanol–water partition coefficient (Wildman–Crippen LogP) is 0.635. The highest BCUT2D eigenvalue weighted by Crippen LogP contribution is 2.37. The van der Waals surface area contributed by atoms with E-state index in [0.29, 0.717) is 13.2 Å². The molecule has 0 aromatic heterocycles. The summed E-state index contributed by atoms with van der Waals surface area (Å²) in [5.41, 5.74) is -0.408. The molecule has 0 spiro atoms. The largest absolute Gasteiger partial charge is 0.379 e. The zero-order chi connectivity index (χ0) is 13.9. The van der Waals surface area contributed by atoms with E-state index in [-0.39, 0.29) is 18.0 Å². The number of carbonyl (C=O) groups excluding carboxylic acids is 1. The Balaban J connectivity index is 2.07. The van der Waals surface area contributed by atoms with Crippen LogP contribution in [0.3, 0.4) is 0 Å². The number of rotatable bonds is 5. The van der Waals surface area contributed by atoms with Crippen LogP contribution in [0.4, 0.5) is 0 Å². The van der Waals surface area contributed by atoms with Crippen molar-refractivity contribution >= 4 is 15.6 Å². The lowest BCUT2D eigenvalue weighted by molar-refractivity contribution is -0.134. The molecule has 5 nitrogen and oxygen atoms in total. The number of hydrogen-bond acceptors (Lipinski definition) is 5. The first-order chi connectivity index (χ1) is 8.94. The number of Topliss-reactive ketones (excluding diaryl/α,β-unsaturated/α-hetero) is 1. The van der Waals surface area contributed by atoms with Crippen molar-refractivity contribution in [2.45, 2.75) is 37.6 Å². The maximum absolute atomic E-state index is 12.6. The second-order valence-corrected chi connectivity index (χ2v) is 7.90. The molecule has 0 radical (unpaired) electrons. The zero-order valence-electron chi connectivity index (χ0n) is 11.6. The van der Waals surface area contributed by atoms with Gasteiger partial charge < -0.3 is 4.74 Å². The molecular formula is C13H23NO4S. The summed E-state index contributed by atoms with van der Waals surface area (Å²) in [6.45, 7) is 2.90. The molecule has 0 aromatic rings. The predicted molar refractivity (Wildman–Crippen MR) is 72.9 cm³/mol. The fourth-order valence-corrected chi connectivity index (χ4v) is 3.79. The summed E-state index contributed by atoms with van der Waals surface area (Å²) in [5.74, 6) is 0.0788. The van der Waals surface area contributed by atoms with Crippen LogP contribution in [-0.4, -0.2) is 63.0 Å². The minimum Gasteiger partial charge on any atom is -0.379 e. The lowest BCUT2D eigenvalue weighted by atomic mass is 9.88. The van der Waals surface area contributed by atoms with Crippen molar-refractivity contribution in [3.8, 4) is 0 Å². The van der Waals surface area contributed by atoms with Gasteiger partial charge in [-0.25, -0.2) is 8.42 Å². The van der Waals surface area contributed by atoms with Gasteiger partial charge in [-0.3, -0.25) is 9.69 Å². The monoisotopic (exact) mass is 289 g/mol. The Morgan fingerprint density at radius 2 is 1.79 bits per heavy atom. The van der Waals surface area contributed by atoms with Crippen LogP contribution in [0.2, 0.25) is 0 Å². The van der Waals surface area contributed by atoms with E-state index in [9.17, 15) is 13.2 Å². The highest BCUT2D eigenvalue weighted by atomic mass is 32.2. The number of carbonyl (C=O) groups is 1. The molecular weight excluding hydrogens is 266 g/mol. The van der Waals surface area contributed by atoms with Crippen LogP contribution in [0.5, 0.6) is 0 Å². The third kappa shape index (κ3) is 3.55. The van der Waals surface area contributed by atoms with Gasteiger partial charge in [-0.15, -0.1) is 0 Å². The summed E-state index contributed by atoms with van der Waals surface area (Å²) in [7, 11) is -3.07. The molecule has 1 aliphatic carbocycles. The zero-order valence-corrected chi connectivity index (χ0v) is 12.4. The van der Waals surface area contributed by atoms with Gasteiger partial charge in [-0.05, 0) is 12.8 Å². The van der Waals surface area contributed by atoms with Gasteiger partial charge in [0.1, 0.15) is 9.84 Å². The van der Waals surface area contributed by atoms with Gasteiger partial charge in [0.05, 0.1) is 24.5 Å². The molecule has 2 rings (SSSR count). The smallest absolute Gasteiger partial charge is 0.154 e. The van der Waals surface area contributed by atoms with Crippen LogP contribution < -0.4 is 0 Å². The molecule has 0 bridgehead atoms. The molecule has 1 saturated heterocycles. The topological polar surface area (TPSA) is 63.7 Å². The molecule has 0 amide bonds. The Labute approximate surface area is 115 Å². The Morgan fingerprint density at radius 1 is 1.21 bits per heavy atom. The lowest BCUT2D eigenvalue weighted by Crippen LogP contribution is -2.56. The van der Waals surface area contributed by atoms with E-state index in [1.165, 1.54) is 6.26 Å². The molecule has 1 heterocycles. The molecule has 0 unspecified atom stereocenters. The van der Waals surface area contributed by atoms with E-state index in [1.807, 2.05) is 0 Å². The molecule has 110 valence electrons. The van der Waals surface area contributed by atoms with E-state index in [0.717, 1.165) is 38.8 Å². The Morgan fingerprint density at radius 3 is 2.32 bits per heavy atom. The standard InChI is InChI=1S/C13H23NO4S/c1-19(16,17)11-4-12(15)13(5-2-3-6-13)14-7-9-18-10-8-14/h2-11H2,1H3. The van der Waals surface area contributed by atoms with Crippen molar-refractivity contribution < 1.29 is 17.9 Å². The van der Waals surface area contributed by atoms with Gasteiger partial charge >= 0.3 is 0 Å². The van der Waals surface area contributed by atoms with Crippen molar-refractivity contribution in [3.05, 3.63) is 0 Å². The molecule has 1 saturated carbocycles. The highest BCUT2D eigenvalue weighted by molar-refractivity contribution is 7.90. The van der Waals surface area contributed by atoms with Crippen molar-refractivity contribution in [2.24, 2.45) is 0 Å². The summed E-state index contributed by atoms with van der Waals surface area (Å²) in [4.78, 5) is 14.8. The van der Waals surface area contributed by atoms with Crippen LogP contribution in [0.1, 0.15) is 32.1 Å². The summed E-state index contributed by atoms with van der Waals surface area (Å²) < 4.78 is 27.8. The normalized spacial score (nSPS) is 24.5. The number of ketones is 1. The summed E-state index contributed by atoms with van der Waals surface area (Å²) in [6, 6.07) is 0. The Bertz CT molecular complexity index is 420. The number of nitrogens with zero attached hydrogens (tertiary/aromatic N) is 1. The van der Waals surface area contributed by atoms with Crippen LogP contribution in [0.15, 0.2) is 0 Å². The van der Waals surface area contributed by atoms with E-state index in [4.69, 9.17) is 4.74 Å². The minimum atomic E-state index is -3.07. The van der Waals surface area contributed by atoms with Gasteiger partial charge in [0.2, 0.25) is 0 Å². The third-order valence-electron chi connectivity index (χ3n) is 4.27. The second-order valence-electron chi connectivity index (χ2n) is 5.64. The Kier molecular flexibility index (Phi) is 4.63. The SMILES string of the molecule is CS(=O)(=O)CCC(=O)C1(N2CCOCC2)CCCC1. The lowest BCUT2D eigenvalue weighted by Gasteiger charge is -2.42. The molecule has 1 aliphatic heterocycles. The first-order valence-electron chi connectivity index (χ1n) is 6.98. The number of sulfone groups is 1. The first-order valence-corrected chi connectivity index (χ1v) is 9.04. The molecule has 19 heavy (non-hydrogen) atoms. The fraction of sp³-hybridized carbons (Fsp3) is 0.923. The fourth-order valence-electron chi connectivity index (χ4n) is 3.23. The number of morpholine rings is 1.